The van der Waals surface area contributed by atoms with Gasteiger partial charge in [0.2, 0.25) is 5.91 Å². The van der Waals surface area contributed by atoms with Crippen molar-refractivity contribution in [2.45, 2.75) is 11.7 Å². The molecule has 5 nitrogen and oxygen atoms in total. The van der Waals surface area contributed by atoms with Gasteiger partial charge >= 0.3 is 0 Å². The van der Waals surface area contributed by atoms with Crippen LogP contribution in [0.3, 0.4) is 0 Å². The van der Waals surface area contributed by atoms with Gasteiger partial charge in [0.05, 0.1) is 6.54 Å². The largest absolute Gasteiger partial charge is 0.345 e. The lowest BCUT2D eigenvalue weighted by Crippen LogP contribution is -2.22. The van der Waals surface area contributed by atoms with Gasteiger partial charge < -0.3 is 5.32 Å². The predicted molar refractivity (Wildman–Crippen MR) is 100 cm³/mol. The van der Waals surface area contributed by atoms with Crippen LogP contribution in [0.1, 0.15) is 11.4 Å². The van der Waals surface area contributed by atoms with Crippen molar-refractivity contribution in [3.05, 3.63) is 77.6 Å². The van der Waals surface area contributed by atoms with E-state index in [1.54, 1.807) is 28.8 Å². The Bertz CT molecular complexity index is 970. The Balaban J connectivity index is 1.71. The van der Waals surface area contributed by atoms with Crippen molar-refractivity contribution in [1.82, 2.24) is 20.1 Å². The van der Waals surface area contributed by atoms with E-state index in [9.17, 15) is 13.6 Å². The molecular formula is C19H16F2N4OS. The van der Waals surface area contributed by atoms with Crippen LogP contribution in [-0.4, -0.2) is 26.9 Å². The van der Waals surface area contributed by atoms with Gasteiger partial charge in [-0.1, -0.05) is 23.9 Å². The molecule has 0 bridgehead atoms. The lowest BCUT2D eigenvalue weighted by molar-refractivity contribution is -0.116. The smallest absolute Gasteiger partial charge is 0.244 e. The summed E-state index contributed by atoms with van der Waals surface area (Å²) in [4.78, 5) is 12.0. The monoisotopic (exact) mass is 386 g/mol. The van der Waals surface area contributed by atoms with E-state index >= 15 is 0 Å². The molecule has 1 N–H and O–H groups in total. The van der Waals surface area contributed by atoms with Gasteiger partial charge in [-0.3, -0.25) is 9.36 Å². The van der Waals surface area contributed by atoms with E-state index < -0.39 is 0 Å². The summed E-state index contributed by atoms with van der Waals surface area (Å²) < 4.78 is 28.1. The molecule has 3 rings (SSSR count). The molecule has 0 unspecified atom stereocenters. The van der Waals surface area contributed by atoms with Gasteiger partial charge in [0.25, 0.3) is 0 Å². The van der Waals surface area contributed by atoms with Gasteiger partial charge in [-0.15, -0.1) is 10.2 Å². The minimum Gasteiger partial charge on any atom is -0.345 e. The highest BCUT2D eigenvalue weighted by Gasteiger charge is 2.13. The number of aromatic nitrogens is 3. The molecule has 0 aliphatic rings. The number of rotatable bonds is 6. The highest BCUT2D eigenvalue weighted by molar-refractivity contribution is 7.98. The molecule has 0 saturated heterocycles. The topological polar surface area (TPSA) is 59.8 Å². The van der Waals surface area contributed by atoms with E-state index in [1.807, 2.05) is 6.26 Å². The van der Waals surface area contributed by atoms with Crippen molar-refractivity contribution >= 4 is 23.7 Å². The second-order valence-electron chi connectivity index (χ2n) is 5.52. The van der Waals surface area contributed by atoms with Crippen LogP contribution in [0.15, 0.2) is 59.8 Å². The van der Waals surface area contributed by atoms with Gasteiger partial charge in [-0.2, -0.15) is 0 Å². The number of benzene rings is 2. The molecule has 1 aromatic heterocycles. The summed E-state index contributed by atoms with van der Waals surface area (Å²) >= 11 is 1.39. The fraction of sp³-hybridized carbons (Fsp3) is 0.105. The van der Waals surface area contributed by atoms with Crippen LogP contribution in [0, 0.1) is 11.6 Å². The molecule has 27 heavy (non-hydrogen) atoms. The van der Waals surface area contributed by atoms with E-state index in [1.165, 1.54) is 48.2 Å². The van der Waals surface area contributed by atoms with E-state index in [4.69, 9.17) is 0 Å². The van der Waals surface area contributed by atoms with Gasteiger partial charge in [-0.05, 0) is 54.3 Å². The Hall–Kier alpha value is -3.00. The third kappa shape index (κ3) is 4.79. The number of amides is 1. The summed E-state index contributed by atoms with van der Waals surface area (Å²) in [5, 5.41) is 11.5. The zero-order valence-electron chi connectivity index (χ0n) is 14.4. The standard InChI is InChI=1S/C19H16F2N4OS/c1-27-19-24-23-17(25(19)16-8-6-14(20)7-9-16)12-22-18(26)10-5-13-3-2-4-15(21)11-13/h2-11H,12H2,1H3,(H,22,26)/b10-5+. The lowest BCUT2D eigenvalue weighted by Gasteiger charge is -2.09. The summed E-state index contributed by atoms with van der Waals surface area (Å²) in [5.74, 6) is -0.540. The molecule has 1 heterocycles. The second kappa shape index (κ2) is 8.59. The molecule has 8 heteroatoms. The van der Waals surface area contributed by atoms with E-state index in [0.717, 1.165) is 0 Å². The Labute approximate surface area is 159 Å². The predicted octanol–water partition coefficient (Wildman–Crippen LogP) is 3.60. The number of nitrogens with zero attached hydrogens (tertiary/aromatic N) is 3. The molecule has 0 radical (unpaired) electrons. The minimum atomic E-state index is -0.366. The SMILES string of the molecule is CSc1nnc(CNC(=O)/C=C/c2cccc(F)c2)n1-c1ccc(F)cc1. The zero-order valence-corrected chi connectivity index (χ0v) is 15.2. The van der Waals surface area contributed by atoms with E-state index in [-0.39, 0.29) is 24.1 Å². The fourth-order valence-corrected chi connectivity index (χ4v) is 2.92. The molecule has 2 aromatic carbocycles. The van der Waals surface area contributed by atoms with Crippen LogP contribution >= 0.6 is 11.8 Å². The third-order valence-electron chi connectivity index (χ3n) is 3.66. The van der Waals surface area contributed by atoms with Crippen molar-refractivity contribution in [3.63, 3.8) is 0 Å². The van der Waals surface area contributed by atoms with Crippen LogP contribution in [-0.2, 0) is 11.3 Å². The normalized spacial score (nSPS) is 11.1. The first-order valence-corrected chi connectivity index (χ1v) is 9.25. The highest BCUT2D eigenvalue weighted by atomic mass is 32.2. The van der Waals surface area contributed by atoms with Crippen molar-refractivity contribution < 1.29 is 13.6 Å². The molecule has 138 valence electrons. The van der Waals surface area contributed by atoms with Gasteiger partial charge in [0.1, 0.15) is 11.6 Å². The van der Waals surface area contributed by atoms with Crippen molar-refractivity contribution in [2.75, 3.05) is 6.26 Å². The summed E-state index contributed by atoms with van der Waals surface area (Å²) in [6.07, 6.45) is 4.70. The number of nitrogens with one attached hydrogen (secondary N) is 1. The number of halogens is 2. The van der Waals surface area contributed by atoms with E-state index in [0.29, 0.717) is 22.2 Å². The van der Waals surface area contributed by atoms with Gasteiger partial charge in [-0.25, -0.2) is 8.78 Å². The van der Waals surface area contributed by atoms with Crippen LogP contribution in [0.2, 0.25) is 0 Å². The molecule has 0 fully saturated rings. The number of hydrogen-bond donors (Lipinski definition) is 1. The fourth-order valence-electron chi connectivity index (χ4n) is 2.40. The van der Waals surface area contributed by atoms with Crippen LogP contribution < -0.4 is 5.32 Å². The van der Waals surface area contributed by atoms with Crippen molar-refractivity contribution in [2.24, 2.45) is 0 Å². The first kappa shape index (κ1) is 18.8. The average Bonchev–Trinajstić information content (AvgIpc) is 3.08. The molecule has 3 aromatic rings. The highest BCUT2D eigenvalue weighted by Crippen LogP contribution is 2.20. The summed E-state index contributed by atoms with van der Waals surface area (Å²) in [6, 6.07) is 11.9. The first-order chi connectivity index (χ1) is 13.1. The zero-order chi connectivity index (χ0) is 19.2. The Morgan fingerprint density at radius 3 is 2.63 bits per heavy atom. The molecular weight excluding hydrogens is 370 g/mol. The van der Waals surface area contributed by atoms with Gasteiger partial charge in [0.15, 0.2) is 11.0 Å². The molecule has 0 spiro atoms. The summed E-state index contributed by atoms with van der Waals surface area (Å²) in [5.41, 5.74) is 1.29. The van der Waals surface area contributed by atoms with Crippen molar-refractivity contribution in [3.8, 4) is 5.69 Å². The molecule has 0 atom stereocenters. The summed E-state index contributed by atoms with van der Waals surface area (Å²) in [6.45, 7) is 0.136. The van der Waals surface area contributed by atoms with Crippen molar-refractivity contribution in [1.29, 1.82) is 0 Å². The van der Waals surface area contributed by atoms with Crippen LogP contribution in [0.25, 0.3) is 11.8 Å². The van der Waals surface area contributed by atoms with Gasteiger partial charge in [0, 0.05) is 11.8 Å². The number of carbonyl (C=O) groups is 1. The Morgan fingerprint density at radius 1 is 1.15 bits per heavy atom. The minimum absolute atomic E-state index is 0.136. The Morgan fingerprint density at radius 2 is 1.93 bits per heavy atom. The summed E-state index contributed by atoms with van der Waals surface area (Å²) in [7, 11) is 0. The number of thioether (sulfide) groups is 1. The number of carbonyl (C=O) groups excluding carboxylic acids is 1. The maximum absolute atomic E-state index is 13.2. The second-order valence-corrected chi connectivity index (χ2v) is 6.29. The van der Waals surface area contributed by atoms with E-state index in [2.05, 4.69) is 15.5 Å². The number of hydrogen-bond acceptors (Lipinski definition) is 4. The molecule has 0 aliphatic heterocycles. The Kier molecular flexibility index (Phi) is 5.97. The molecule has 0 saturated carbocycles. The van der Waals surface area contributed by atoms with Crippen LogP contribution in [0.5, 0.6) is 0 Å². The maximum atomic E-state index is 13.2. The molecule has 1 amide bonds. The molecule has 0 aliphatic carbocycles. The average molecular weight is 386 g/mol. The van der Waals surface area contributed by atoms with Crippen LogP contribution in [0.4, 0.5) is 8.78 Å². The maximum Gasteiger partial charge on any atom is 0.244 e. The quantitative estimate of drug-likeness (QED) is 0.520. The first-order valence-electron chi connectivity index (χ1n) is 8.02. The lowest BCUT2D eigenvalue weighted by atomic mass is 10.2. The third-order valence-corrected chi connectivity index (χ3v) is 4.29.